The summed E-state index contributed by atoms with van der Waals surface area (Å²) in [5, 5.41) is 7.83. The Morgan fingerprint density at radius 2 is 1.93 bits per heavy atom. The number of ether oxygens (including phenoxy) is 1. The van der Waals surface area contributed by atoms with Crippen molar-refractivity contribution in [1.82, 2.24) is 19.8 Å². The molecule has 230 valence electrons. The van der Waals surface area contributed by atoms with E-state index in [1.54, 1.807) is 23.0 Å². The van der Waals surface area contributed by atoms with Crippen LogP contribution in [0.5, 0.6) is 5.75 Å². The molecule has 1 aliphatic heterocycles. The van der Waals surface area contributed by atoms with Crippen LogP contribution in [0.1, 0.15) is 59.4 Å². The van der Waals surface area contributed by atoms with E-state index in [1.165, 1.54) is 26.0 Å². The predicted molar refractivity (Wildman–Crippen MR) is 170 cm³/mol. The highest BCUT2D eigenvalue weighted by Crippen LogP contribution is 2.66. The summed E-state index contributed by atoms with van der Waals surface area (Å²) in [6.45, 7) is 13.8. The Labute approximate surface area is 253 Å². The van der Waals surface area contributed by atoms with Crippen molar-refractivity contribution in [3.8, 4) is 5.75 Å². The zero-order chi connectivity index (χ0) is 30.5. The lowest BCUT2D eigenvalue weighted by atomic mass is 9.69. The molecular formula is C34H45FN6O2. The summed E-state index contributed by atoms with van der Waals surface area (Å²) in [6, 6.07) is 11.5. The summed E-state index contributed by atoms with van der Waals surface area (Å²) in [5.74, 6) is 1.74. The van der Waals surface area contributed by atoms with Gasteiger partial charge in [-0.3, -0.25) is 9.36 Å². The molecule has 0 amide bonds. The fraction of sp³-hybridized carbons (Fsp3) is 0.559. The van der Waals surface area contributed by atoms with E-state index in [0.29, 0.717) is 53.2 Å². The lowest BCUT2D eigenvalue weighted by Crippen LogP contribution is -2.57. The predicted octanol–water partition coefficient (Wildman–Crippen LogP) is 5.45. The number of aryl methyl sites for hydroxylation is 2. The molecule has 2 heterocycles. The minimum atomic E-state index is -0.342. The van der Waals surface area contributed by atoms with E-state index in [1.807, 2.05) is 18.2 Å². The average molecular weight is 589 g/mol. The minimum Gasteiger partial charge on any atom is -0.497 e. The normalized spacial score (nSPS) is 28.4. The molecule has 2 aromatic carbocycles. The average Bonchev–Trinajstić information content (AvgIpc) is 3.30. The summed E-state index contributed by atoms with van der Waals surface area (Å²) in [4.78, 5) is 25.8. The van der Waals surface area contributed by atoms with Gasteiger partial charge in [-0.15, -0.1) is 0 Å². The van der Waals surface area contributed by atoms with Crippen LogP contribution in [0.15, 0.2) is 52.5 Å². The van der Waals surface area contributed by atoms with Gasteiger partial charge in [0.05, 0.1) is 30.4 Å². The number of halogens is 1. The van der Waals surface area contributed by atoms with Crippen LogP contribution in [0.4, 0.5) is 10.1 Å². The number of aliphatic imine (C=N–C) groups is 1. The minimum absolute atomic E-state index is 0.138. The third-order valence-electron chi connectivity index (χ3n) is 10.8. The number of anilines is 1. The third kappa shape index (κ3) is 5.41. The molecule has 3 fully saturated rings. The Kier molecular flexibility index (Phi) is 7.73. The molecule has 2 N–H and O–H groups in total. The van der Waals surface area contributed by atoms with Gasteiger partial charge >= 0.3 is 0 Å². The van der Waals surface area contributed by atoms with Crippen molar-refractivity contribution in [2.45, 2.75) is 85.0 Å². The van der Waals surface area contributed by atoms with E-state index in [4.69, 9.17) is 9.73 Å². The fourth-order valence-electron chi connectivity index (χ4n) is 7.82. The zero-order valence-corrected chi connectivity index (χ0v) is 26.3. The van der Waals surface area contributed by atoms with E-state index in [0.717, 1.165) is 31.2 Å². The number of rotatable bonds is 6. The number of aromatic nitrogens is 2. The second kappa shape index (κ2) is 11.2. The SMILES string of the molecule is COc1ccc(CCn2cnc3cc(NC(=NC4CC5CCC4(C)C5(C)C)N4CC(C)NC(C)C4)ccc3c2=O)c(F)c1. The van der Waals surface area contributed by atoms with Gasteiger partial charge in [0.15, 0.2) is 5.96 Å². The van der Waals surface area contributed by atoms with Crippen molar-refractivity contribution in [2.75, 3.05) is 25.5 Å². The number of hydrogen-bond acceptors (Lipinski definition) is 5. The Bertz CT molecular complexity index is 1590. The molecule has 43 heavy (non-hydrogen) atoms. The van der Waals surface area contributed by atoms with Crippen molar-refractivity contribution >= 4 is 22.5 Å². The van der Waals surface area contributed by atoms with Crippen molar-refractivity contribution in [3.63, 3.8) is 0 Å². The second-order valence-corrected chi connectivity index (χ2v) is 13.8. The second-order valence-electron chi connectivity index (χ2n) is 13.8. The molecule has 2 saturated carbocycles. The number of guanidine groups is 1. The van der Waals surface area contributed by atoms with Crippen molar-refractivity contribution < 1.29 is 9.13 Å². The highest BCUT2D eigenvalue weighted by Gasteiger charge is 2.61. The van der Waals surface area contributed by atoms with Crippen molar-refractivity contribution in [1.29, 1.82) is 0 Å². The van der Waals surface area contributed by atoms with Gasteiger partial charge in [0, 0.05) is 43.5 Å². The number of hydrogen-bond donors (Lipinski definition) is 2. The topological polar surface area (TPSA) is 83.8 Å². The number of piperazine rings is 1. The van der Waals surface area contributed by atoms with Gasteiger partial charge in [-0.05, 0) is 86.1 Å². The summed E-state index contributed by atoms with van der Waals surface area (Å²) < 4.78 is 21.1. The molecule has 3 aliphatic rings. The Morgan fingerprint density at radius 3 is 2.58 bits per heavy atom. The summed E-state index contributed by atoms with van der Waals surface area (Å²) >= 11 is 0. The molecule has 6 rings (SSSR count). The van der Waals surface area contributed by atoms with Crippen LogP contribution >= 0.6 is 0 Å². The van der Waals surface area contributed by atoms with Gasteiger partial charge in [-0.1, -0.05) is 26.8 Å². The first-order valence-electron chi connectivity index (χ1n) is 15.7. The molecule has 3 aromatic rings. The first-order valence-corrected chi connectivity index (χ1v) is 15.7. The fourth-order valence-corrected chi connectivity index (χ4v) is 7.82. The van der Waals surface area contributed by atoms with Crippen LogP contribution in [-0.4, -0.2) is 58.7 Å². The molecule has 0 radical (unpaired) electrons. The summed E-state index contributed by atoms with van der Waals surface area (Å²) in [5.41, 5.74) is 2.34. The van der Waals surface area contributed by atoms with E-state index in [9.17, 15) is 9.18 Å². The first kappa shape index (κ1) is 29.6. The van der Waals surface area contributed by atoms with Crippen LogP contribution in [0, 0.1) is 22.6 Å². The Morgan fingerprint density at radius 1 is 1.16 bits per heavy atom. The van der Waals surface area contributed by atoms with Crippen molar-refractivity contribution in [3.05, 3.63) is 64.5 Å². The van der Waals surface area contributed by atoms with Gasteiger partial charge in [-0.2, -0.15) is 0 Å². The monoisotopic (exact) mass is 588 g/mol. The molecule has 5 atom stereocenters. The molecule has 9 heteroatoms. The first-order chi connectivity index (χ1) is 20.5. The molecule has 2 bridgehead atoms. The van der Waals surface area contributed by atoms with Crippen LogP contribution in [-0.2, 0) is 13.0 Å². The number of nitrogens with zero attached hydrogens (tertiary/aromatic N) is 4. The summed E-state index contributed by atoms with van der Waals surface area (Å²) in [6.07, 6.45) is 5.58. The van der Waals surface area contributed by atoms with E-state index < -0.39 is 0 Å². The van der Waals surface area contributed by atoms with Crippen molar-refractivity contribution in [2.24, 2.45) is 21.7 Å². The molecule has 5 unspecified atom stereocenters. The van der Waals surface area contributed by atoms with Gasteiger partial charge in [0.1, 0.15) is 11.6 Å². The van der Waals surface area contributed by atoms with Gasteiger partial charge in [-0.25, -0.2) is 14.4 Å². The van der Waals surface area contributed by atoms with E-state index >= 15 is 0 Å². The lowest BCUT2D eigenvalue weighted by molar-refractivity contribution is 0.136. The maximum atomic E-state index is 14.4. The number of methoxy groups -OCH3 is 1. The van der Waals surface area contributed by atoms with Crippen LogP contribution < -0.4 is 20.9 Å². The molecule has 8 nitrogen and oxygen atoms in total. The number of benzene rings is 2. The molecule has 0 spiro atoms. The quantitative estimate of drug-likeness (QED) is 0.294. The highest BCUT2D eigenvalue weighted by molar-refractivity contribution is 5.96. The van der Waals surface area contributed by atoms with Crippen LogP contribution in [0.2, 0.25) is 0 Å². The standard InChI is InChI=1S/C34H45FN6O2/c1-21-18-41(19-22(2)37-21)32(39-30-15-24-11-13-34(30,5)33(24,3)4)38-25-8-10-27-29(16-25)36-20-40(31(27)42)14-12-23-7-9-26(43-6)17-28(23)35/h7-10,16-17,20-22,24,30,37H,11-15,18-19H2,1-6H3,(H,38,39). The highest BCUT2D eigenvalue weighted by atomic mass is 19.1. The van der Waals surface area contributed by atoms with E-state index in [-0.39, 0.29) is 28.2 Å². The largest absolute Gasteiger partial charge is 0.497 e. The van der Waals surface area contributed by atoms with Gasteiger partial charge in [0.25, 0.3) is 5.56 Å². The molecule has 1 saturated heterocycles. The Hall–Kier alpha value is -3.46. The van der Waals surface area contributed by atoms with Gasteiger partial charge in [0.2, 0.25) is 0 Å². The smallest absolute Gasteiger partial charge is 0.261 e. The maximum absolute atomic E-state index is 14.4. The number of nitrogens with one attached hydrogen (secondary N) is 2. The lowest BCUT2D eigenvalue weighted by Gasteiger charge is -2.41. The van der Waals surface area contributed by atoms with Gasteiger partial charge < -0.3 is 20.3 Å². The maximum Gasteiger partial charge on any atom is 0.261 e. The third-order valence-corrected chi connectivity index (χ3v) is 10.8. The van der Waals surface area contributed by atoms with Crippen LogP contribution in [0.3, 0.4) is 0 Å². The molecule has 2 aliphatic carbocycles. The zero-order valence-electron chi connectivity index (χ0n) is 26.3. The van der Waals surface area contributed by atoms with Crippen LogP contribution in [0.25, 0.3) is 10.9 Å². The number of fused-ring (bicyclic) bond motifs is 3. The molecule has 1 aromatic heterocycles. The summed E-state index contributed by atoms with van der Waals surface area (Å²) in [7, 11) is 1.51. The molecular weight excluding hydrogens is 543 g/mol. The van der Waals surface area contributed by atoms with E-state index in [2.05, 4.69) is 55.1 Å². The Balaban J connectivity index is 1.26.